The number of aromatic nitrogens is 2. The van der Waals surface area contributed by atoms with Crippen LogP contribution in [0.15, 0.2) is 30.6 Å². The van der Waals surface area contributed by atoms with E-state index in [1.807, 2.05) is 40.9 Å². The number of carbonyl (C=O) groups is 1. The molecule has 1 atom stereocenters. The maximum atomic E-state index is 15.5. The van der Waals surface area contributed by atoms with Gasteiger partial charge in [0.05, 0.1) is 29.0 Å². The molecule has 0 radical (unpaired) electrons. The molecule has 6 nitrogen and oxygen atoms in total. The molecule has 2 aromatic rings. The SMILES string of the molecule is Cn1cc(C2CCCCN2C(=O)c2cccc(B3OC(C)(C)C(C)(C)O3)c2F)cn1. The lowest BCUT2D eigenvalue weighted by Gasteiger charge is -2.35. The van der Waals surface area contributed by atoms with Crippen LogP contribution < -0.4 is 5.46 Å². The van der Waals surface area contributed by atoms with Gasteiger partial charge >= 0.3 is 7.12 Å². The molecular formula is C22H29BFN3O3. The number of benzene rings is 1. The van der Waals surface area contributed by atoms with Crippen molar-refractivity contribution in [3.05, 3.63) is 47.5 Å². The van der Waals surface area contributed by atoms with Crippen LogP contribution in [-0.4, -0.2) is 45.5 Å². The van der Waals surface area contributed by atoms with Crippen LogP contribution in [0, 0.1) is 5.82 Å². The Kier molecular flexibility index (Phi) is 5.27. The number of piperidine rings is 1. The molecule has 1 aromatic heterocycles. The van der Waals surface area contributed by atoms with Crippen LogP contribution in [0.25, 0.3) is 0 Å². The Morgan fingerprint density at radius 3 is 2.53 bits per heavy atom. The molecule has 1 unspecified atom stereocenters. The number of rotatable bonds is 3. The summed E-state index contributed by atoms with van der Waals surface area (Å²) in [4.78, 5) is 15.2. The Morgan fingerprint density at radius 1 is 1.20 bits per heavy atom. The highest BCUT2D eigenvalue weighted by atomic mass is 19.1. The van der Waals surface area contributed by atoms with Crippen molar-refractivity contribution >= 4 is 18.5 Å². The molecule has 8 heteroatoms. The summed E-state index contributed by atoms with van der Waals surface area (Å²) in [6.45, 7) is 8.29. The van der Waals surface area contributed by atoms with Crippen LogP contribution in [0.1, 0.15) is 68.9 Å². The van der Waals surface area contributed by atoms with E-state index >= 15 is 4.39 Å². The van der Waals surface area contributed by atoms with Gasteiger partial charge in [-0.2, -0.15) is 5.10 Å². The zero-order valence-electron chi connectivity index (χ0n) is 18.3. The first-order valence-electron chi connectivity index (χ1n) is 10.5. The number of aryl methyl sites for hydroxylation is 1. The zero-order chi connectivity index (χ0) is 21.7. The summed E-state index contributed by atoms with van der Waals surface area (Å²) < 4.78 is 29.3. The Morgan fingerprint density at radius 2 is 1.90 bits per heavy atom. The van der Waals surface area contributed by atoms with Crippen molar-refractivity contribution < 1.29 is 18.5 Å². The lowest BCUT2D eigenvalue weighted by atomic mass is 9.77. The van der Waals surface area contributed by atoms with Gasteiger partial charge in [0.15, 0.2) is 0 Å². The number of amides is 1. The molecule has 3 heterocycles. The Balaban J connectivity index is 1.64. The zero-order valence-corrected chi connectivity index (χ0v) is 18.3. The van der Waals surface area contributed by atoms with Gasteiger partial charge in [0.1, 0.15) is 5.82 Å². The van der Waals surface area contributed by atoms with Crippen LogP contribution in [0.5, 0.6) is 0 Å². The topological polar surface area (TPSA) is 56.6 Å². The predicted octanol–water partition coefficient (Wildman–Crippen LogP) is 3.23. The Bertz CT molecular complexity index is 943. The highest BCUT2D eigenvalue weighted by molar-refractivity contribution is 6.62. The van der Waals surface area contributed by atoms with Crippen molar-refractivity contribution in [2.75, 3.05) is 6.54 Å². The molecule has 2 aliphatic heterocycles. The number of carbonyl (C=O) groups excluding carboxylic acids is 1. The molecule has 1 aromatic carbocycles. The molecule has 0 bridgehead atoms. The van der Waals surface area contributed by atoms with Crippen LogP contribution >= 0.6 is 0 Å². The van der Waals surface area contributed by atoms with Gasteiger partial charge in [-0.05, 0) is 53.0 Å². The molecule has 2 saturated heterocycles. The standard InChI is InChI=1S/C22H29BFN3O3/c1-21(2)22(3,4)30-23(29-21)17-10-8-9-16(19(17)24)20(28)27-12-7-6-11-18(27)15-13-25-26(5)14-15/h8-10,13-14,18H,6-7,11-12H2,1-5H3. The predicted molar refractivity (Wildman–Crippen MR) is 113 cm³/mol. The third-order valence-corrected chi connectivity index (χ3v) is 6.64. The van der Waals surface area contributed by atoms with Crippen molar-refractivity contribution in [2.45, 2.75) is 64.2 Å². The van der Waals surface area contributed by atoms with Crippen LogP contribution in [-0.2, 0) is 16.4 Å². The van der Waals surface area contributed by atoms with E-state index in [1.165, 1.54) is 0 Å². The van der Waals surface area contributed by atoms with Crippen LogP contribution in [0.4, 0.5) is 4.39 Å². The molecule has 0 spiro atoms. The summed E-state index contributed by atoms with van der Waals surface area (Å²) in [6, 6.07) is 4.77. The summed E-state index contributed by atoms with van der Waals surface area (Å²) in [5.41, 5.74) is 0.130. The first kappa shape index (κ1) is 21.1. The van der Waals surface area contributed by atoms with Gasteiger partial charge in [-0.1, -0.05) is 12.1 Å². The summed E-state index contributed by atoms with van der Waals surface area (Å²) >= 11 is 0. The van der Waals surface area contributed by atoms with Crippen molar-refractivity contribution in [2.24, 2.45) is 7.05 Å². The fraction of sp³-hybridized carbons (Fsp3) is 0.545. The van der Waals surface area contributed by atoms with E-state index in [0.717, 1.165) is 24.8 Å². The van der Waals surface area contributed by atoms with Gasteiger partial charge in [-0.25, -0.2) is 4.39 Å². The number of hydrogen-bond acceptors (Lipinski definition) is 4. The average molecular weight is 413 g/mol. The third-order valence-electron chi connectivity index (χ3n) is 6.64. The highest BCUT2D eigenvalue weighted by Crippen LogP contribution is 2.37. The smallest absolute Gasteiger partial charge is 0.399 e. The number of likely N-dealkylation sites (tertiary alicyclic amines) is 1. The summed E-state index contributed by atoms with van der Waals surface area (Å²) in [5.74, 6) is -0.879. The molecule has 160 valence electrons. The van der Waals surface area contributed by atoms with Gasteiger partial charge in [0.25, 0.3) is 5.91 Å². The van der Waals surface area contributed by atoms with Crippen molar-refractivity contribution in [1.29, 1.82) is 0 Å². The van der Waals surface area contributed by atoms with Gasteiger partial charge in [0.2, 0.25) is 0 Å². The molecule has 0 saturated carbocycles. The van der Waals surface area contributed by atoms with E-state index < -0.39 is 24.1 Å². The Hall–Kier alpha value is -2.19. The van der Waals surface area contributed by atoms with Crippen molar-refractivity contribution in [3.63, 3.8) is 0 Å². The lowest BCUT2D eigenvalue weighted by molar-refractivity contribution is 0.00578. The second-order valence-electron chi connectivity index (χ2n) is 9.25. The molecule has 2 fully saturated rings. The highest BCUT2D eigenvalue weighted by Gasteiger charge is 2.52. The molecule has 0 N–H and O–H groups in total. The van der Waals surface area contributed by atoms with E-state index in [0.29, 0.717) is 6.54 Å². The fourth-order valence-corrected chi connectivity index (χ4v) is 4.16. The minimum atomic E-state index is -0.849. The van der Waals surface area contributed by atoms with E-state index in [1.54, 1.807) is 34.0 Å². The van der Waals surface area contributed by atoms with Gasteiger partial charge < -0.3 is 14.2 Å². The first-order chi connectivity index (χ1) is 14.1. The van der Waals surface area contributed by atoms with E-state index in [2.05, 4.69) is 5.10 Å². The molecule has 0 aliphatic carbocycles. The van der Waals surface area contributed by atoms with Gasteiger partial charge in [-0.3, -0.25) is 9.48 Å². The van der Waals surface area contributed by atoms with Gasteiger partial charge in [0, 0.05) is 30.8 Å². The molecule has 4 rings (SSSR count). The normalized spacial score (nSPS) is 23.1. The Labute approximate surface area is 177 Å². The minimum Gasteiger partial charge on any atom is -0.399 e. The first-order valence-corrected chi connectivity index (χ1v) is 10.5. The van der Waals surface area contributed by atoms with Crippen molar-refractivity contribution in [1.82, 2.24) is 14.7 Å². The maximum Gasteiger partial charge on any atom is 0.497 e. The summed E-state index contributed by atoms with van der Waals surface area (Å²) in [6.07, 6.45) is 6.48. The summed E-state index contributed by atoms with van der Waals surface area (Å²) in [7, 11) is 1.00. The molecule has 1 amide bonds. The van der Waals surface area contributed by atoms with Crippen LogP contribution in [0.2, 0.25) is 0 Å². The molecule has 30 heavy (non-hydrogen) atoms. The third kappa shape index (κ3) is 3.56. The molecule has 2 aliphatic rings. The minimum absolute atomic E-state index is 0.0537. The number of halogens is 1. The number of hydrogen-bond donors (Lipinski definition) is 0. The fourth-order valence-electron chi connectivity index (χ4n) is 4.16. The van der Waals surface area contributed by atoms with Gasteiger partial charge in [-0.15, -0.1) is 0 Å². The largest absolute Gasteiger partial charge is 0.497 e. The maximum absolute atomic E-state index is 15.5. The van der Waals surface area contributed by atoms with Crippen molar-refractivity contribution in [3.8, 4) is 0 Å². The van der Waals surface area contributed by atoms with E-state index in [4.69, 9.17) is 9.31 Å². The van der Waals surface area contributed by atoms with E-state index in [-0.39, 0.29) is 23.0 Å². The summed E-state index contributed by atoms with van der Waals surface area (Å²) in [5, 5.41) is 4.24. The van der Waals surface area contributed by atoms with Crippen LogP contribution in [0.3, 0.4) is 0 Å². The second kappa shape index (κ2) is 7.50. The van der Waals surface area contributed by atoms with E-state index in [9.17, 15) is 4.79 Å². The quantitative estimate of drug-likeness (QED) is 0.726. The average Bonchev–Trinajstić information content (AvgIpc) is 3.21. The molecular weight excluding hydrogens is 384 g/mol. The number of nitrogens with zero attached hydrogens (tertiary/aromatic N) is 3. The monoisotopic (exact) mass is 413 g/mol. The lowest BCUT2D eigenvalue weighted by Crippen LogP contribution is -2.41. The second-order valence-corrected chi connectivity index (χ2v) is 9.25.